The minimum absolute atomic E-state index is 0.222. The van der Waals surface area contributed by atoms with Gasteiger partial charge in [0.05, 0.1) is 18.4 Å². The van der Waals surface area contributed by atoms with Gasteiger partial charge in [-0.1, -0.05) is 12.1 Å². The van der Waals surface area contributed by atoms with Crippen molar-refractivity contribution in [3.8, 4) is 5.75 Å². The summed E-state index contributed by atoms with van der Waals surface area (Å²) in [6, 6.07) is 8.45. The minimum Gasteiger partial charge on any atom is -0.492 e. The number of nitrogens with zero attached hydrogens (tertiary/aromatic N) is 2. The quantitative estimate of drug-likeness (QED) is 0.893. The van der Waals surface area contributed by atoms with Gasteiger partial charge in [-0.25, -0.2) is 0 Å². The molecule has 2 rings (SSSR count). The summed E-state index contributed by atoms with van der Waals surface area (Å²) in [6.45, 7) is 10.6. The average Bonchev–Trinajstić information content (AvgIpc) is 2.47. The predicted octanol–water partition coefficient (Wildman–Crippen LogP) is 1.98. The Morgan fingerprint density at radius 2 is 1.80 bits per heavy atom. The van der Waals surface area contributed by atoms with Gasteiger partial charge in [-0.05, 0) is 32.9 Å². The molecule has 112 valence electrons. The third-order valence-electron chi connectivity index (χ3n) is 4.09. The summed E-state index contributed by atoms with van der Waals surface area (Å²) in [7, 11) is 0. The number of piperazine rings is 1. The van der Waals surface area contributed by atoms with Crippen molar-refractivity contribution in [1.82, 2.24) is 4.90 Å². The van der Waals surface area contributed by atoms with Crippen molar-refractivity contribution >= 4 is 5.69 Å². The van der Waals surface area contributed by atoms with Crippen LogP contribution in [0.3, 0.4) is 0 Å². The van der Waals surface area contributed by atoms with Crippen LogP contribution in [-0.4, -0.2) is 54.9 Å². The Balaban J connectivity index is 2.00. The van der Waals surface area contributed by atoms with E-state index in [4.69, 9.17) is 4.74 Å². The fourth-order valence-corrected chi connectivity index (χ4v) is 2.67. The van der Waals surface area contributed by atoms with Gasteiger partial charge in [-0.2, -0.15) is 0 Å². The molecule has 4 nitrogen and oxygen atoms in total. The molecule has 0 radical (unpaired) electrons. The van der Waals surface area contributed by atoms with Crippen LogP contribution in [0.1, 0.15) is 20.8 Å². The van der Waals surface area contributed by atoms with Crippen LogP contribution in [0.4, 0.5) is 5.69 Å². The number of rotatable bonds is 5. The van der Waals surface area contributed by atoms with Crippen LogP contribution in [0, 0.1) is 0 Å². The molecule has 20 heavy (non-hydrogen) atoms. The van der Waals surface area contributed by atoms with Gasteiger partial charge in [-0.3, -0.25) is 4.90 Å². The predicted molar refractivity (Wildman–Crippen MR) is 82.5 cm³/mol. The van der Waals surface area contributed by atoms with E-state index in [1.54, 1.807) is 0 Å². The van der Waals surface area contributed by atoms with E-state index in [2.05, 4.69) is 28.9 Å². The van der Waals surface area contributed by atoms with Crippen LogP contribution >= 0.6 is 0 Å². The van der Waals surface area contributed by atoms with E-state index in [0.29, 0.717) is 6.61 Å². The van der Waals surface area contributed by atoms with Crippen molar-refractivity contribution in [1.29, 1.82) is 0 Å². The van der Waals surface area contributed by atoms with E-state index < -0.39 is 0 Å². The summed E-state index contributed by atoms with van der Waals surface area (Å²) in [6.07, 6.45) is -0.280. The van der Waals surface area contributed by atoms with Gasteiger partial charge in [0.2, 0.25) is 0 Å². The molecule has 1 aliphatic rings. The lowest BCUT2D eigenvalue weighted by molar-refractivity contribution is 0.0672. The molecule has 0 spiro atoms. The molecule has 0 aliphatic carbocycles. The zero-order valence-corrected chi connectivity index (χ0v) is 12.7. The molecular weight excluding hydrogens is 252 g/mol. The maximum Gasteiger partial charge on any atom is 0.142 e. The largest absolute Gasteiger partial charge is 0.492 e. The van der Waals surface area contributed by atoms with Crippen molar-refractivity contribution in [3.05, 3.63) is 24.3 Å². The van der Waals surface area contributed by atoms with Gasteiger partial charge < -0.3 is 14.7 Å². The Labute approximate surface area is 122 Å². The Kier molecular flexibility index (Phi) is 5.26. The SMILES string of the molecule is CCOc1ccccc1N1CCN([C@H](C)[C@H](C)O)CC1. The zero-order valence-electron chi connectivity index (χ0n) is 12.7. The highest BCUT2D eigenvalue weighted by Gasteiger charge is 2.24. The van der Waals surface area contributed by atoms with Crippen LogP contribution in [0.2, 0.25) is 0 Å². The lowest BCUT2D eigenvalue weighted by Gasteiger charge is -2.40. The van der Waals surface area contributed by atoms with Crippen LogP contribution in [0.15, 0.2) is 24.3 Å². The average molecular weight is 278 g/mol. The van der Waals surface area contributed by atoms with Gasteiger partial charge in [0, 0.05) is 32.2 Å². The number of hydrogen-bond donors (Lipinski definition) is 1. The van der Waals surface area contributed by atoms with E-state index in [1.807, 2.05) is 26.0 Å². The molecule has 1 fully saturated rings. The van der Waals surface area contributed by atoms with E-state index in [0.717, 1.165) is 31.9 Å². The number of aliphatic hydroxyl groups is 1. The molecule has 0 unspecified atom stereocenters. The molecule has 0 amide bonds. The molecule has 1 N–H and O–H groups in total. The molecule has 2 atom stereocenters. The Morgan fingerprint density at radius 1 is 1.15 bits per heavy atom. The number of ether oxygens (including phenoxy) is 1. The first-order valence-electron chi connectivity index (χ1n) is 7.52. The first-order chi connectivity index (χ1) is 9.63. The second-order valence-corrected chi connectivity index (χ2v) is 5.40. The summed E-state index contributed by atoms with van der Waals surface area (Å²) >= 11 is 0. The summed E-state index contributed by atoms with van der Waals surface area (Å²) < 4.78 is 5.71. The van der Waals surface area contributed by atoms with Gasteiger partial charge in [0.15, 0.2) is 0 Å². The fourth-order valence-electron chi connectivity index (χ4n) is 2.67. The Bertz CT molecular complexity index is 415. The summed E-state index contributed by atoms with van der Waals surface area (Å²) in [5.74, 6) is 0.965. The smallest absolute Gasteiger partial charge is 0.142 e. The highest BCUT2D eigenvalue weighted by atomic mass is 16.5. The second-order valence-electron chi connectivity index (χ2n) is 5.40. The van der Waals surface area contributed by atoms with E-state index in [-0.39, 0.29) is 12.1 Å². The molecule has 1 aromatic carbocycles. The van der Waals surface area contributed by atoms with Crippen LogP contribution in [-0.2, 0) is 0 Å². The third kappa shape index (κ3) is 3.44. The van der Waals surface area contributed by atoms with E-state index in [9.17, 15) is 5.11 Å². The van der Waals surface area contributed by atoms with Crippen LogP contribution in [0.5, 0.6) is 5.75 Å². The standard InChI is InChI=1S/C16H26N2O2/c1-4-20-16-8-6-5-7-15(16)18-11-9-17(10-12-18)13(2)14(3)19/h5-8,13-14,19H,4,9-12H2,1-3H3/t13-,14+/m1/s1. The van der Waals surface area contributed by atoms with Crippen LogP contribution in [0.25, 0.3) is 0 Å². The Morgan fingerprint density at radius 3 is 2.40 bits per heavy atom. The molecule has 1 heterocycles. The van der Waals surface area contributed by atoms with Crippen molar-refractivity contribution in [2.75, 3.05) is 37.7 Å². The maximum atomic E-state index is 9.69. The molecule has 4 heteroatoms. The van der Waals surface area contributed by atoms with Gasteiger partial charge >= 0.3 is 0 Å². The second kappa shape index (κ2) is 6.95. The number of aliphatic hydroxyl groups excluding tert-OH is 1. The monoisotopic (exact) mass is 278 g/mol. The fraction of sp³-hybridized carbons (Fsp3) is 0.625. The number of para-hydroxylation sites is 2. The van der Waals surface area contributed by atoms with Gasteiger partial charge in [0.25, 0.3) is 0 Å². The lowest BCUT2D eigenvalue weighted by Crippen LogP contribution is -2.52. The first-order valence-corrected chi connectivity index (χ1v) is 7.52. The molecule has 0 saturated carbocycles. The van der Waals surface area contributed by atoms with Crippen molar-refractivity contribution < 1.29 is 9.84 Å². The number of anilines is 1. The van der Waals surface area contributed by atoms with Crippen molar-refractivity contribution in [2.45, 2.75) is 32.9 Å². The molecule has 1 aliphatic heterocycles. The van der Waals surface area contributed by atoms with Crippen LogP contribution < -0.4 is 9.64 Å². The van der Waals surface area contributed by atoms with Crippen molar-refractivity contribution in [2.24, 2.45) is 0 Å². The number of hydrogen-bond acceptors (Lipinski definition) is 4. The highest BCUT2D eigenvalue weighted by molar-refractivity contribution is 5.58. The first kappa shape index (κ1) is 15.1. The maximum absolute atomic E-state index is 9.69. The lowest BCUT2D eigenvalue weighted by atomic mass is 10.1. The topological polar surface area (TPSA) is 35.9 Å². The zero-order chi connectivity index (χ0) is 14.5. The molecule has 1 aromatic rings. The minimum atomic E-state index is -0.280. The van der Waals surface area contributed by atoms with E-state index in [1.165, 1.54) is 5.69 Å². The number of benzene rings is 1. The summed E-state index contributed by atoms with van der Waals surface area (Å²) in [4.78, 5) is 4.72. The molecule has 0 aromatic heterocycles. The van der Waals surface area contributed by atoms with Crippen molar-refractivity contribution in [3.63, 3.8) is 0 Å². The van der Waals surface area contributed by atoms with E-state index >= 15 is 0 Å². The molecular formula is C16H26N2O2. The highest BCUT2D eigenvalue weighted by Crippen LogP contribution is 2.29. The van der Waals surface area contributed by atoms with Gasteiger partial charge in [-0.15, -0.1) is 0 Å². The normalized spacial score (nSPS) is 19.7. The summed E-state index contributed by atoms with van der Waals surface area (Å²) in [5, 5.41) is 9.69. The summed E-state index contributed by atoms with van der Waals surface area (Å²) in [5.41, 5.74) is 1.18. The molecule has 0 bridgehead atoms. The third-order valence-corrected chi connectivity index (χ3v) is 4.09. The Hall–Kier alpha value is -1.26. The molecule has 1 saturated heterocycles. The van der Waals surface area contributed by atoms with Gasteiger partial charge in [0.1, 0.15) is 5.75 Å².